The number of carbonyl (C=O) groups is 3. The fraction of sp³-hybridized carbons (Fsp3) is 0.902. The number of carboxylic acids is 1. The molecule has 7 rings (SSSR count). The number of aliphatic hydroxyl groups excluding tert-OH is 10. The molecular weight excluding hydrogens is 949 g/mol. The minimum absolute atomic E-state index is 0.0418. The second-order valence-corrected chi connectivity index (χ2v) is 24.1. The molecule has 0 spiro atoms. The molecule has 0 bridgehead atoms. The summed E-state index contributed by atoms with van der Waals surface area (Å²) in [4.78, 5) is 41.1. The van der Waals surface area contributed by atoms with E-state index in [1.807, 2.05) is 13.8 Å². The predicted molar refractivity (Wildman–Crippen MR) is 248 cm³/mol. The molecule has 24 atom stereocenters. The van der Waals surface area contributed by atoms with Gasteiger partial charge in [-0.05, 0) is 118 Å². The minimum atomic E-state index is -2.48. The van der Waals surface area contributed by atoms with Crippen molar-refractivity contribution in [3.8, 4) is 0 Å². The van der Waals surface area contributed by atoms with Gasteiger partial charge in [-0.25, -0.2) is 4.79 Å². The number of rotatable bonds is 16. The summed E-state index contributed by atoms with van der Waals surface area (Å²) in [5.74, 6) is -2.87. The highest BCUT2D eigenvalue weighted by molar-refractivity contribution is 5.80. The number of carbonyl (C=O) groups excluding carboxylic acids is 2. The molecule has 0 aromatic heterocycles. The van der Waals surface area contributed by atoms with E-state index in [1.54, 1.807) is 13.8 Å². The first-order chi connectivity index (χ1) is 33.5. The monoisotopic (exact) mass is 1030 g/mol. The maximum Gasteiger partial charge on any atom is 0.335 e. The summed E-state index contributed by atoms with van der Waals surface area (Å²) in [7, 11) is 0. The molecule has 2 saturated heterocycles. The van der Waals surface area contributed by atoms with Crippen LogP contribution < -0.4 is 0 Å². The Morgan fingerprint density at radius 1 is 0.819 bits per heavy atom. The molecule has 5 aliphatic carbocycles. The van der Waals surface area contributed by atoms with E-state index in [1.165, 1.54) is 0 Å². The van der Waals surface area contributed by atoms with Gasteiger partial charge in [0.1, 0.15) is 66.6 Å². The molecule has 0 radical (unpaired) electrons. The minimum Gasteiger partial charge on any atom is -0.479 e. The number of hydrogen-bond donors (Lipinski definition) is 11. The number of allylic oxidation sites excluding steroid dienone is 2. The van der Waals surface area contributed by atoms with Crippen LogP contribution in [0.15, 0.2) is 11.6 Å². The Bertz CT molecular complexity index is 1990. The first kappa shape index (κ1) is 57.4. The SMILES string of the molecule is CC(C)O[C@H](C)OC(=O)[C@]12CCC(C)(C)CC1C1=CCC3[C@@]4(C)CC[C@H](O[C@@H]5OC(C(=O)O)[C@H](O)C(O[C@@H]6OC[C@@H](O)C(O)C6O)[C@H]5O[C@@H](O)C(O)[C@@H](O)C(O)CO)[C@@](C)(C=O)C4CC[C@@]3(C)[C@]1(C)C[C@H]2O. The largest absolute Gasteiger partial charge is 0.479 e. The summed E-state index contributed by atoms with van der Waals surface area (Å²) in [6.45, 7) is 16.6. The number of aliphatic hydroxyl groups is 10. The fourth-order valence-corrected chi connectivity index (χ4v) is 14.9. The lowest BCUT2D eigenvalue weighted by atomic mass is 9.33. The van der Waals surface area contributed by atoms with Gasteiger partial charge in [0, 0.05) is 0 Å². The highest BCUT2D eigenvalue weighted by atomic mass is 16.8. The first-order valence-corrected chi connectivity index (χ1v) is 25.7. The lowest BCUT2D eigenvalue weighted by molar-refractivity contribution is -0.378. The molecule has 72 heavy (non-hydrogen) atoms. The Morgan fingerprint density at radius 3 is 2.12 bits per heavy atom. The van der Waals surface area contributed by atoms with Gasteiger partial charge in [0.05, 0.1) is 36.9 Å². The topological polar surface area (TPSA) is 338 Å². The van der Waals surface area contributed by atoms with E-state index < -0.39 is 151 Å². The molecule has 0 aromatic carbocycles. The predicted octanol–water partition coefficient (Wildman–Crippen LogP) is 0.411. The highest BCUT2D eigenvalue weighted by Gasteiger charge is 2.72. The molecule has 412 valence electrons. The van der Waals surface area contributed by atoms with E-state index >= 15 is 0 Å². The Balaban J connectivity index is 1.21. The van der Waals surface area contributed by atoms with Gasteiger partial charge in [0.2, 0.25) is 0 Å². The van der Waals surface area contributed by atoms with E-state index in [4.69, 9.17) is 33.2 Å². The van der Waals surface area contributed by atoms with Gasteiger partial charge in [-0.1, -0.05) is 53.2 Å². The maximum atomic E-state index is 14.5. The molecule has 2 heterocycles. The first-order valence-electron chi connectivity index (χ1n) is 25.7. The van der Waals surface area contributed by atoms with Gasteiger partial charge in [-0.3, -0.25) is 4.79 Å². The van der Waals surface area contributed by atoms with Crippen molar-refractivity contribution in [2.75, 3.05) is 13.2 Å². The Morgan fingerprint density at radius 2 is 1.50 bits per heavy atom. The van der Waals surface area contributed by atoms with Crippen LogP contribution in [0.3, 0.4) is 0 Å². The van der Waals surface area contributed by atoms with Gasteiger partial charge >= 0.3 is 11.9 Å². The van der Waals surface area contributed by atoms with Crippen LogP contribution in [0.4, 0.5) is 0 Å². The molecule has 11 N–H and O–H groups in total. The van der Waals surface area contributed by atoms with Crippen molar-refractivity contribution in [1.29, 1.82) is 0 Å². The summed E-state index contributed by atoms with van der Waals surface area (Å²) in [5.41, 5.74) is -3.02. The molecule has 9 unspecified atom stereocenters. The summed E-state index contributed by atoms with van der Waals surface area (Å²) in [6.07, 6.45) is -21.8. The molecule has 6 fully saturated rings. The molecule has 21 nitrogen and oxygen atoms in total. The lowest BCUT2D eigenvalue weighted by Gasteiger charge is -2.71. The van der Waals surface area contributed by atoms with Gasteiger partial charge < -0.3 is 94.1 Å². The second-order valence-electron chi connectivity index (χ2n) is 24.1. The summed E-state index contributed by atoms with van der Waals surface area (Å²) < 4.78 is 41.4. The molecule has 4 saturated carbocycles. The lowest BCUT2D eigenvalue weighted by Crippen LogP contribution is -2.69. The normalized spacial score (nSPS) is 47.0. The smallest absolute Gasteiger partial charge is 0.335 e. The van der Waals surface area contributed by atoms with Gasteiger partial charge in [0.15, 0.2) is 31.3 Å². The van der Waals surface area contributed by atoms with Crippen LogP contribution in [0.25, 0.3) is 0 Å². The second kappa shape index (κ2) is 20.9. The number of carboxylic acid groups (broad SMARTS) is 1. The zero-order chi connectivity index (χ0) is 53.4. The van der Waals surface area contributed by atoms with Gasteiger partial charge in [-0.15, -0.1) is 0 Å². The summed E-state index contributed by atoms with van der Waals surface area (Å²) in [5, 5.41) is 118. The van der Waals surface area contributed by atoms with Crippen molar-refractivity contribution < 1.29 is 104 Å². The zero-order valence-corrected chi connectivity index (χ0v) is 43.0. The van der Waals surface area contributed by atoms with Crippen LogP contribution in [-0.4, -0.2) is 192 Å². The zero-order valence-electron chi connectivity index (χ0n) is 43.0. The highest BCUT2D eigenvalue weighted by Crippen LogP contribution is 2.76. The number of fused-ring (bicyclic) bond motifs is 7. The van der Waals surface area contributed by atoms with Crippen molar-refractivity contribution >= 4 is 18.2 Å². The van der Waals surface area contributed by atoms with E-state index in [9.17, 15) is 70.6 Å². The molecule has 0 amide bonds. The van der Waals surface area contributed by atoms with Crippen molar-refractivity contribution in [1.82, 2.24) is 0 Å². The fourth-order valence-electron chi connectivity index (χ4n) is 14.9. The van der Waals surface area contributed by atoms with E-state index in [0.29, 0.717) is 44.9 Å². The average Bonchev–Trinajstić information content (AvgIpc) is 3.30. The molecule has 21 heteroatoms. The Labute approximate surface area is 420 Å². The number of esters is 1. The van der Waals surface area contributed by atoms with Crippen LogP contribution in [0.1, 0.15) is 120 Å². The average molecular weight is 1030 g/mol. The number of ether oxygens (including phenoxy) is 7. The van der Waals surface area contributed by atoms with Crippen molar-refractivity contribution in [3.63, 3.8) is 0 Å². The molecular formula is C51H82O21. The van der Waals surface area contributed by atoms with E-state index in [0.717, 1.165) is 18.3 Å². The van der Waals surface area contributed by atoms with Crippen LogP contribution in [0, 0.1) is 50.2 Å². The van der Waals surface area contributed by atoms with E-state index in [-0.39, 0.29) is 35.7 Å². The van der Waals surface area contributed by atoms with Crippen LogP contribution in [0.2, 0.25) is 0 Å². The Kier molecular flexibility index (Phi) is 16.7. The third kappa shape index (κ3) is 9.65. The van der Waals surface area contributed by atoms with Crippen molar-refractivity contribution in [2.45, 2.75) is 225 Å². The van der Waals surface area contributed by atoms with Gasteiger partial charge in [-0.2, -0.15) is 0 Å². The molecule has 0 aromatic rings. The third-order valence-corrected chi connectivity index (χ3v) is 19.0. The number of hydrogen-bond acceptors (Lipinski definition) is 20. The molecule has 2 aliphatic heterocycles. The van der Waals surface area contributed by atoms with Crippen LogP contribution in [0.5, 0.6) is 0 Å². The number of aldehydes is 1. The third-order valence-electron chi connectivity index (χ3n) is 19.0. The quantitative estimate of drug-likeness (QED) is 0.0328. The standard InChI is InChI=1S/C51H82O21/c1-23(2)67-24(3)68-45(65)51-17-16-46(4,5)18-26(51)25-10-11-30-47(6)14-13-32(48(7,22-53)29(47)12-15-49(30,8)50(25,9)19-31(51)56)69-44-40(70-42(64)35(59)33(57)27(54)20-52)38(37(61)39(72-44)41(62)63)71-43-36(60)34(58)28(55)21-66-43/h10,22-24,26-40,42-44,52,54-61,64H,11-21H2,1-9H3,(H,62,63)/t24-,26?,27?,28+,29?,30?,31+,32-,33-,34?,35?,36?,37+,38?,39?,40+,42+,43-,44+,47-,48-,49+,50+,51+/m0/s1. The van der Waals surface area contributed by atoms with Gasteiger partial charge in [0.25, 0.3) is 0 Å². The molecule has 7 aliphatic rings. The Hall–Kier alpha value is -2.29. The van der Waals surface area contributed by atoms with Crippen LogP contribution >= 0.6 is 0 Å². The van der Waals surface area contributed by atoms with Crippen LogP contribution in [-0.2, 0) is 47.5 Å². The maximum absolute atomic E-state index is 14.5. The van der Waals surface area contributed by atoms with Crippen molar-refractivity contribution in [3.05, 3.63) is 11.6 Å². The van der Waals surface area contributed by atoms with Crippen molar-refractivity contribution in [2.24, 2.45) is 50.2 Å². The summed E-state index contributed by atoms with van der Waals surface area (Å²) in [6, 6.07) is 0. The number of aliphatic carboxylic acids is 1. The van der Waals surface area contributed by atoms with E-state index in [2.05, 4.69) is 40.7 Å². The summed E-state index contributed by atoms with van der Waals surface area (Å²) >= 11 is 0.